The van der Waals surface area contributed by atoms with Crippen LogP contribution in [0.25, 0.3) is 0 Å². The summed E-state index contributed by atoms with van der Waals surface area (Å²) >= 11 is 6.26. The van der Waals surface area contributed by atoms with Crippen LogP contribution in [0.4, 0.5) is 11.5 Å². The Bertz CT molecular complexity index is 913. The molecule has 1 unspecified atom stereocenters. The average molecular weight is 395 g/mol. The molecule has 0 N–H and O–H groups in total. The summed E-state index contributed by atoms with van der Waals surface area (Å²) in [7, 11) is 0. The standard InChI is InChI=1S/C22H23ClN4O/c1-16-11-22(15-27(16)19-4-3-18(12-24)20(23)10-19)6-8-26(9-7-22)21-5-2-17(14-28)13-25-21/h2-5,10,13-14,16H,6-9,11,15H2,1H3. The van der Waals surface area contributed by atoms with E-state index in [1.165, 1.54) is 0 Å². The van der Waals surface area contributed by atoms with Gasteiger partial charge in [-0.15, -0.1) is 0 Å². The summed E-state index contributed by atoms with van der Waals surface area (Å²) in [4.78, 5) is 20.0. The fraction of sp³-hybridized carbons (Fsp3) is 0.409. The minimum atomic E-state index is 0.305. The number of halogens is 1. The van der Waals surface area contributed by atoms with Crippen molar-refractivity contribution in [3.8, 4) is 6.07 Å². The van der Waals surface area contributed by atoms with Crippen LogP contribution in [0, 0.1) is 16.7 Å². The molecule has 144 valence electrons. The van der Waals surface area contributed by atoms with Crippen molar-refractivity contribution in [1.29, 1.82) is 5.26 Å². The zero-order valence-corrected chi connectivity index (χ0v) is 16.7. The van der Waals surface area contributed by atoms with Crippen LogP contribution in [0.15, 0.2) is 36.5 Å². The summed E-state index contributed by atoms with van der Waals surface area (Å²) in [6, 6.07) is 12.1. The second-order valence-electron chi connectivity index (χ2n) is 8.01. The first-order valence-corrected chi connectivity index (χ1v) is 10.0. The van der Waals surface area contributed by atoms with Gasteiger partial charge in [0.2, 0.25) is 0 Å². The first-order chi connectivity index (χ1) is 13.5. The Labute approximate surface area is 170 Å². The quantitative estimate of drug-likeness (QED) is 0.726. The monoisotopic (exact) mass is 394 g/mol. The highest BCUT2D eigenvalue weighted by Crippen LogP contribution is 2.45. The maximum Gasteiger partial charge on any atom is 0.151 e. The number of benzene rings is 1. The summed E-state index contributed by atoms with van der Waals surface area (Å²) in [5.74, 6) is 0.947. The van der Waals surface area contributed by atoms with Crippen LogP contribution in [-0.2, 0) is 0 Å². The average Bonchev–Trinajstić information content (AvgIpc) is 3.04. The number of hydrogen-bond acceptors (Lipinski definition) is 5. The Kier molecular flexibility index (Phi) is 4.99. The van der Waals surface area contributed by atoms with Crippen LogP contribution in [0.5, 0.6) is 0 Å². The van der Waals surface area contributed by atoms with Crippen LogP contribution >= 0.6 is 11.6 Å². The molecule has 3 heterocycles. The lowest BCUT2D eigenvalue weighted by Gasteiger charge is -2.40. The molecule has 2 saturated heterocycles. The normalized spacial score (nSPS) is 21.0. The van der Waals surface area contributed by atoms with Gasteiger partial charge in [-0.2, -0.15) is 5.26 Å². The van der Waals surface area contributed by atoms with Crippen molar-refractivity contribution in [2.45, 2.75) is 32.2 Å². The van der Waals surface area contributed by atoms with E-state index in [1.54, 1.807) is 6.20 Å². The molecule has 5 nitrogen and oxygen atoms in total. The third kappa shape index (κ3) is 3.45. The number of nitriles is 1. The highest BCUT2D eigenvalue weighted by molar-refractivity contribution is 6.32. The zero-order valence-electron chi connectivity index (χ0n) is 15.9. The summed E-state index contributed by atoms with van der Waals surface area (Å²) in [6.07, 6.45) is 5.87. The van der Waals surface area contributed by atoms with Crippen molar-refractivity contribution in [2.24, 2.45) is 5.41 Å². The second kappa shape index (κ2) is 7.44. The van der Waals surface area contributed by atoms with E-state index >= 15 is 0 Å². The van der Waals surface area contributed by atoms with E-state index in [9.17, 15) is 4.79 Å². The lowest BCUT2D eigenvalue weighted by atomic mass is 9.77. The molecule has 0 amide bonds. The molecular formula is C22H23ClN4O. The maximum atomic E-state index is 10.8. The van der Waals surface area contributed by atoms with Gasteiger partial charge in [0.05, 0.1) is 10.6 Å². The summed E-state index contributed by atoms with van der Waals surface area (Å²) in [5.41, 5.74) is 2.54. The number of carbonyl (C=O) groups is 1. The largest absolute Gasteiger partial charge is 0.368 e. The second-order valence-corrected chi connectivity index (χ2v) is 8.42. The molecule has 2 fully saturated rings. The van der Waals surface area contributed by atoms with E-state index in [4.69, 9.17) is 16.9 Å². The van der Waals surface area contributed by atoms with E-state index < -0.39 is 0 Å². The molecule has 1 atom stereocenters. The maximum absolute atomic E-state index is 10.8. The number of pyridine rings is 1. The molecule has 0 radical (unpaired) electrons. The minimum absolute atomic E-state index is 0.305. The molecule has 1 spiro atoms. The van der Waals surface area contributed by atoms with E-state index in [1.807, 2.05) is 30.3 Å². The van der Waals surface area contributed by atoms with E-state index in [0.29, 0.717) is 27.6 Å². The van der Waals surface area contributed by atoms with Gasteiger partial charge in [0.25, 0.3) is 0 Å². The molecule has 6 heteroatoms. The Morgan fingerprint density at radius 3 is 2.68 bits per heavy atom. The third-order valence-corrected chi connectivity index (χ3v) is 6.54. The van der Waals surface area contributed by atoms with Gasteiger partial charge in [-0.05, 0) is 61.9 Å². The van der Waals surface area contributed by atoms with Crippen molar-refractivity contribution in [3.05, 3.63) is 52.7 Å². The highest BCUT2D eigenvalue weighted by atomic mass is 35.5. The van der Waals surface area contributed by atoms with Crippen molar-refractivity contribution in [1.82, 2.24) is 4.98 Å². The zero-order chi connectivity index (χ0) is 19.7. The minimum Gasteiger partial charge on any atom is -0.368 e. The predicted molar refractivity (Wildman–Crippen MR) is 111 cm³/mol. The van der Waals surface area contributed by atoms with Crippen LogP contribution in [0.1, 0.15) is 42.1 Å². The Balaban J connectivity index is 1.45. The first-order valence-electron chi connectivity index (χ1n) is 9.66. The molecule has 1 aromatic heterocycles. The summed E-state index contributed by atoms with van der Waals surface area (Å²) < 4.78 is 0. The van der Waals surface area contributed by atoms with E-state index in [2.05, 4.69) is 27.8 Å². The van der Waals surface area contributed by atoms with Gasteiger partial charge in [0, 0.05) is 43.1 Å². The number of carbonyl (C=O) groups excluding carboxylic acids is 1. The van der Waals surface area contributed by atoms with Crippen molar-refractivity contribution >= 4 is 29.4 Å². The van der Waals surface area contributed by atoms with Crippen LogP contribution in [0.3, 0.4) is 0 Å². The van der Waals surface area contributed by atoms with Crippen molar-refractivity contribution in [3.63, 3.8) is 0 Å². The SMILES string of the molecule is CC1CC2(CCN(c3ccc(C=O)cn3)CC2)CN1c1ccc(C#N)c(Cl)c1. The van der Waals surface area contributed by atoms with Gasteiger partial charge in [-0.3, -0.25) is 4.79 Å². The topological polar surface area (TPSA) is 60.2 Å². The number of anilines is 2. The molecule has 2 aliphatic heterocycles. The molecule has 28 heavy (non-hydrogen) atoms. The Hall–Kier alpha value is -2.58. The van der Waals surface area contributed by atoms with Gasteiger partial charge in [-0.25, -0.2) is 4.98 Å². The van der Waals surface area contributed by atoms with Crippen molar-refractivity contribution < 1.29 is 4.79 Å². The Morgan fingerprint density at radius 1 is 1.29 bits per heavy atom. The number of aldehydes is 1. The smallest absolute Gasteiger partial charge is 0.151 e. The molecule has 2 aromatic rings. The predicted octanol–water partition coefficient (Wildman–Crippen LogP) is 4.30. The van der Waals surface area contributed by atoms with Gasteiger partial charge in [-0.1, -0.05) is 11.6 Å². The van der Waals surface area contributed by atoms with Crippen LogP contribution < -0.4 is 9.80 Å². The first kappa shape index (κ1) is 18.8. The van der Waals surface area contributed by atoms with Gasteiger partial charge in [0.1, 0.15) is 11.9 Å². The molecular weight excluding hydrogens is 372 g/mol. The van der Waals surface area contributed by atoms with Gasteiger partial charge in [0.15, 0.2) is 6.29 Å². The summed E-state index contributed by atoms with van der Waals surface area (Å²) in [6.45, 7) is 5.24. The van der Waals surface area contributed by atoms with E-state index in [0.717, 1.165) is 56.7 Å². The van der Waals surface area contributed by atoms with Crippen LogP contribution in [0.2, 0.25) is 5.02 Å². The molecule has 4 rings (SSSR count). The molecule has 2 aliphatic rings. The van der Waals surface area contributed by atoms with Crippen molar-refractivity contribution in [2.75, 3.05) is 29.4 Å². The number of piperidine rings is 1. The molecule has 1 aromatic carbocycles. The van der Waals surface area contributed by atoms with Gasteiger partial charge >= 0.3 is 0 Å². The number of nitrogens with zero attached hydrogens (tertiary/aromatic N) is 4. The number of hydrogen-bond donors (Lipinski definition) is 0. The number of aromatic nitrogens is 1. The molecule has 0 saturated carbocycles. The highest BCUT2D eigenvalue weighted by Gasteiger charge is 2.44. The fourth-order valence-electron chi connectivity index (χ4n) is 4.66. The molecule has 0 bridgehead atoms. The third-order valence-electron chi connectivity index (χ3n) is 6.23. The van der Waals surface area contributed by atoms with Gasteiger partial charge < -0.3 is 9.80 Å². The molecule has 0 aliphatic carbocycles. The summed E-state index contributed by atoms with van der Waals surface area (Å²) in [5, 5.41) is 9.62. The Morgan fingerprint density at radius 2 is 2.07 bits per heavy atom. The fourth-order valence-corrected chi connectivity index (χ4v) is 4.88. The lowest BCUT2D eigenvalue weighted by molar-refractivity contribution is 0.112. The van der Waals surface area contributed by atoms with Crippen LogP contribution in [-0.4, -0.2) is 36.9 Å². The lowest BCUT2D eigenvalue weighted by Crippen LogP contribution is -2.42. The van der Waals surface area contributed by atoms with E-state index in [-0.39, 0.29) is 0 Å². The number of rotatable bonds is 3.